The van der Waals surface area contributed by atoms with E-state index in [1.807, 2.05) is 12.1 Å². The number of aliphatic hydroxyl groups excluding tert-OH is 1. The number of sulfonamides is 1. The van der Waals surface area contributed by atoms with E-state index >= 15 is 0 Å². The van der Waals surface area contributed by atoms with Gasteiger partial charge in [0.1, 0.15) is 6.04 Å². The highest BCUT2D eigenvalue weighted by atomic mass is 35.5. The maximum atomic E-state index is 13.2. The molecule has 190 valence electrons. The molecule has 1 aliphatic rings. The van der Waals surface area contributed by atoms with Crippen molar-refractivity contribution >= 4 is 33.4 Å². The Kier molecular flexibility index (Phi) is 9.68. The normalized spacial score (nSPS) is 14.4. The van der Waals surface area contributed by atoms with Crippen LogP contribution in [0.15, 0.2) is 53.4 Å². The largest absolute Gasteiger partial charge is 0.396 e. The molecular weight excluding hydrogens is 490 g/mol. The first-order valence-electron chi connectivity index (χ1n) is 11.7. The zero-order chi connectivity index (χ0) is 25.4. The fourth-order valence-electron chi connectivity index (χ4n) is 3.53. The van der Waals surface area contributed by atoms with E-state index < -0.39 is 16.1 Å². The van der Waals surface area contributed by atoms with Crippen LogP contribution in [0.25, 0.3) is 0 Å². The molecule has 0 radical (unpaired) electrons. The zero-order valence-corrected chi connectivity index (χ0v) is 21.3. The lowest BCUT2D eigenvalue weighted by Crippen LogP contribution is -2.48. The maximum Gasteiger partial charge on any atom is 0.242 e. The molecule has 1 saturated carbocycles. The summed E-state index contributed by atoms with van der Waals surface area (Å²) in [5.74, 6) is -0.490. The second kappa shape index (κ2) is 12.5. The Bertz CT molecular complexity index is 1100. The molecule has 8 nitrogen and oxygen atoms in total. The van der Waals surface area contributed by atoms with Crippen molar-refractivity contribution in [3.05, 3.63) is 64.7 Å². The highest BCUT2D eigenvalue weighted by Gasteiger charge is 2.28. The Hall–Kier alpha value is -2.46. The number of nitrogens with zero attached hydrogens (tertiary/aromatic N) is 1. The predicted molar refractivity (Wildman–Crippen MR) is 134 cm³/mol. The van der Waals surface area contributed by atoms with Crippen LogP contribution >= 0.6 is 11.6 Å². The van der Waals surface area contributed by atoms with Gasteiger partial charge in [-0.15, -0.1) is 0 Å². The molecule has 0 heterocycles. The number of aryl methyl sites for hydroxylation is 1. The minimum absolute atomic E-state index is 0.0290. The van der Waals surface area contributed by atoms with Crippen LogP contribution in [-0.2, 0) is 32.6 Å². The number of nitrogens with one attached hydrogen (secondary N) is 2. The third-order valence-corrected chi connectivity index (χ3v) is 7.62. The van der Waals surface area contributed by atoms with E-state index in [1.165, 1.54) is 4.90 Å². The summed E-state index contributed by atoms with van der Waals surface area (Å²) in [6, 6.07) is 12.9. The van der Waals surface area contributed by atoms with Crippen LogP contribution in [0.4, 0.5) is 0 Å². The third-order valence-electron chi connectivity index (χ3n) is 5.83. The maximum absolute atomic E-state index is 13.2. The van der Waals surface area contributed by atoms with Gasteiger partial charge in [0, 0.05) is 37.2 Å². The van der Waals surface area contributed by atoms with E-state index in [1.54, 1.807) is 43.3 Å². The van der Waals surface area contributed by atoms with Crippen LogP contribution in [0.3, 0.4) is 0 Å². The Morgan fingerprint density at radius 3 is 2.31 bits per heavy atom. The number of hydrogen-bond donors (Lipinski definition) is 3. The van der Waals surface area contributed by atoms with Crippen LogP contribution in [-0.4, -0.2) is 55.5 Å². The zero-order valence-electron chi connectivity index (χ0n) is 19.7. The summed E-state index contributed by atoms with van der Waals surface area (Å²) < 4.78 is 27.3. The monoisotopic (exact) mass is 521 g/mol. The average molecular weight is 522 g/mol. The molecule has 1 fully saturated rings. The van der Waals surface area contributed by atoms with E-state index in [9.17, 15) is 18.0 Å². The quantitative estimate of drug-likeness (QED) is 0.350. The highest BCUT2D eigenvalue weighted by molar-refractivity contribution is 7.89. The Morgan fingerprint density at radius 2 is 1.71 bits per heavy atom. The molecule has 0 spiro atoms. The fourth-order valence-corrected chi connectivity index (χ4v) is 4.96. The lowest BCUT2D eigenvalue weighted by Gasteiger charge is -2.29. The average Bonchev–Trinajstić information content (AvgIpc) is 3.65. The number of hydrogen-bond acceptors (Lipinski definition) is 5. The summed E-state index contributed by atoms with van der Waals surface area (Å²) in [6.07, 6.45) is 2.73. The van der Waals surface area contributed by atoms with Gasteiger partial charge in [-0.2, -0.15) is 0 Å². The minimum atomic E-state index is -3.52. The number of amides is 2. The van der Waals surface area contributed by atoms with Crippen LogP contribution in [0.5, 0.6) is 0 Å². The SMILES string of the molecule is CC(C(=O)NCCCO)N(Cc1ccc(Cl)cc1)C(=O)CCc1ccc(S(=O)(=O)NC2CC2)cc1. The van der Waals surface area contributed by atoms with Gasteiger partial charge >= 0.3 is 0 Å². The molecule has 35 heavy (non-hydrogen) atoms. The minimum Gasteiger partial charge on any atom is -0.396 e. The number of rotatable bonds is 13. The van der Waals surface area contributed by atoms with E-state index in [0.29, 0.717) is 24.4 Å². The molecular formula is C25H32ClN3O5S. The first-order valence-corrected chi connectivity index (χ1v) is 13.6. The van der Waals surface area contributed by atoms with Gasteiger partial charge in [0.05, 0.1) is 4.90 Å². The van der Waals surface area contributed by atoms with Crippen molar-refractivity contribution in [2.75, 3.05) is 13.2 Å². The Balaban J connectivity index is 1.65. The molecule has 1 unspecified atom stereocenters. The third kappa shape index (κ3) is 8.31. The topological polar surface area (TPSA) is 116 Å². The Morgan fingerprint density at radius 1 is 1.09 bits per heavy atom. The van der Waals surface area contributed by atoms with E-state index in [-0.39, 0.29) is 42.3 Å². The Labute approximate surface area is 211 Å². The van der Waals surface area contributed by atoms with Gasteiger partial charge in [0.25, 0.3) is 0 Å². The van der Waals surface area contributed by atoms with Gasteiger partial charge < -0.3 is 15.3 Å². The van der Waals surface area contributed by atoms with Gasteiger partial charge in [0.15, 0.2) is 0 Å². The van der Waals surface area contributed by atoms with Crippen molar-refractivity contribution in [2.24, 2.45) is 0 Å². The van der Waals surface area contributed by atoms with Crippen molar-refractivity contribution in [1.82, 2.24) is 14.9 Å². The summed E-state index contributed by atoms with van der Waals surface area (Å²) in [6.45, 7) is 2.22. The second-order valence-corrected chi connectivity index (χ2v) is 10.9. The van der Waals surface area contributed by atoms with Gasteiger partial charge in [-0.25, -0.2) is 13.1 Å². The molecule has 2 aromatic carbocycles. The molecule has 3 N–H and O–H groups in total. The molecule has 10 heteroatoms. The molecule has 3 rings (SSSR count). The highest BCUT2D eigenvalue weighted by Crippen LogP contribution is 2.22. The number of benzene rings is 2. The lowest BCUT2D eigenvalue weighted by atomic mass is 10.1. The van der Waals surface area contributed by atoms with E-state index in [0.717, 1.165) is 24.0 Å². The molecule has 0 saturated heterocycles. The summed E-state index contributed by atoms with van der Waals surface area (Å²) >= 11 is 5.97. The smallest absolute Gasteiger partial charge is 0.242 e. The predicted octanol–water partition coefficient (Wildman–Crippen LogP) is 2.63. The molecule has 2 aromatic rings. The summed E-state index contributed by atoms with van der Waals surface area (Å²) in [5, 5.41) is 12.3. The van der Waals surface area contributed by atoms with Crippen molar-refractivity contribution in [3.63, 3.8) is 0 Å². The first-order chi connectivity index (χ1) is 16.7. The van der Waals surface area contributed by atoms with Gasteiger partial charge in [0.2, 0.25) is 21.8 Å². The summed E-state index contributed by atoms with van der Waals surface area (Å²) in [5.41, 5.74) is 1.67. The van der Waals surface area contributed by atoms with Gasteiger partial charge in [-0.05, 0) is 68.0 Å². The first kappa shape index (κ1) is 27.1. The van der Waals surface area contributed by atoms with Crippen molar-refractivity contribution < 1.29 is 23.1 Å². The summed E-state index contributed by atoms with van der Waals surface area (Å²) in [7, 11) is -3.52. The number of carbonyl (C=O) groups excluding carboxylic acids is 2. The van der Waals surface area contributed by atoms with Gasteiger partial charge in [-0.1, -0.05) is 35.9 Å². The molecule has 1 aliphatic carbocycles. The van der Waals surface area contributed by atoms with Crippen LogP contribution < -0.4 is 10.0 Å². The fraction of sp³-hybridized carbons (Fsp3) is 0.440. The molecule has 0 aromatic heterocycles. The molecule has 1 atom stereocenters. The number of carbonyl (C=O) groups is 2. The second-order valence-electron chi connectivity index (χ2n) is 8.73. The van der Waals surface area contributed by atoms with Crippen LogP contribution in [0, 0.1) is 0 Å². The molecule has 0 bridgehead atoms. The van der Waals surface area contributed by atoms with Crippen LogP contribution in [0.2, 0.25) is 5.02 Å². The summed E-state index contributed by atoms with van der Waals surface area (Å²) in [4.78, 5) is 27.5. The van der Waals surface area contributed by atoms with Crippen LogP contribution in [0.1, 0.15) is 43.7 Å². The standard InChI is InChI=1S/C25H32ClN3O5S/c1-18(25(32)27-15-2-16-30)29(17-20-3-8-21(26)9-4-20)24(31)14-7-19-5-12-23(13-6-19)35(33,34)28-22-10-11-22/h3-6,8-9,12-13,18,22,28,30H,2,7,10-11,14-17H2,1H3,(H,27,32). The number of aliphatic hydroxyl groups is 1. The van der Waals surface area contributed by atoms with E-state index in [2.05, 4.69) is 10.0 Å². The van der Waals surface area contributed by atoms with E-state index in [4.69, 9.17) is 16.7 Å². The van der Waals surface area contributed by atoms with Gasteiger partial charge in [-0.3, -0.25) is 9.59 Å². The number of halogens is 1. The van der Waals surface area contributed by atoms with Crippen molar-refractivity contribution in [2.45, 2.75) is 62.6 Å². The van der Waals surface area contributed by atoms with Crippen molar-refractivity contribution in [3.8, 4) is 0 Å². The molecule has 0 aliphatic heterocycles. The van der Waals surface area contributed by atoms with Crippen molar-refractivity contribution in [1.29, 1.82) is 0 Å². The lowest BCUT2D eigenvalue weighted by molar-refractivity contribution is -0.140. The molecule has 2 amide bonds.